The van der Waals surface area contributed by atoms with Gasteiger partial charge in [-0.15, -0.1) is 0 Å². The zero-order chi connectivity index (χ0) is 13.2. The molecule has 0 aromatic heterocycles. The summed E-state index contributed by atoms with van der Waals surface area (Å²) in [5, 5.41) is 3.66. The van der Waals surface area contributed by atoms with E-state index in [2.05, 4.69) is 56.9 Å². The van der Waals surface area contributed by atoms with Gasteiger partial charge in [-0.25, -0.2) is 0 Å². The number of hydrogen-bond donors (Lipinski definition) is 1. The average molecular weight is 263 g/mol. The van der Waals surface area contributed by atoms with Crippen LogP contribution in [0.25, 0.3) is 0 Å². The third-order valence-electron chi connectivity index (χ3n) is 3.94. The fraction of sp³-hybridized carbons (Fsp3) is 0.625. The lowest BCUT2D eigenvalue weighted by Gasteiger charge is -2.23. The topological polar surface area (TPSA) is 12.0 Å². The van der Waals surface area contributed by atoms with Gasteiger partial charge in [0.2, 0.25) is 0 Å². The Balaban J connectivity index is 1.94. The molecule has 1 heterocycles. The van der Waals surface area contributed by atoms with Crippen LogP contribution in [0.4, 0.5) is 0 Å². The van der Waals surface area contributed by atoms with E-state index in [-0.39, 0.29) is 0 Å². The molecular weight excluding hydrogens is 238 g/mol. The monoisotopic (exact) mass is 263 g/mol. The maximum atomic E-state index is 3.66. The molecule has 1 aliphatic heterocycles. The largest absolute Gasteiger partial charge is 0.311 e. The highest BCUT2D eigenvalue weighted by Gasteiger charge is 2.28. The average Bonchev–Trinajstić information content (AvgIpc) is 2.69. The molecule has 0 spiro atoms. The highest BCUT2D eigenvalue weighted by molar-refractivity contribution is 8.00. The first-order chi connectivity index (χ1) is 8.50. The molecule has 2 rings (SSSR count). The molecule has 1 nitrogen and oxygen atoms in total. The van der Waals surface area contributed by atoms with Gasteiger partial charge in [-0.3, -0.25) is 0 Å². The van der Waals surface area contributed by atoms with Crippen molar-refractivity contribution in [2.75, 3.05) is 12.3 Å². The van der Waals surface area contributed by atoms with Crippen molar-refractivity contribution in [3.8, 4) is 0 Å². The molecule has 1 aliphatic rings. The van der Waals surface area contributed by atoms with E-state index in [1.54, 1.807) is 0 Å². The van der Waals surface area contributed by atoms with Crippen LogP contribution in [0, 0.1) is 20.8 Å². The zero-order valence-electron chi connectivity index (χ0n) is 12.1. The van der Waals surface area contributed by atoms with Crippen LogP contribution in [0.5, 0.6) is 0 Å². The Kier molecular flexibility index (Phi) is 4.39. The van der Waals surface area contributed by atoms with Gasteiger partial charge in [0.15, 0.2) is 0 Å². The molecule has 100 valence electrons. The Hall–Kier alpha value is -0.470. The van der Waals surface area contributed by atoms with E-state index in [1.807, 2.05) is 0 Å². The third-order valence-corrected chi connectivity index (χ3v) is 5.48. The summed E-state index contributed by atoms with van der Waals surface area (Å²) in [6, 6.07) is 4.58. The number of benzene rings is 1. The van der Waals surface area contributed by atoms with Gasteiger partial charge in [-0.1, -0.05) is 17.7 Å². The Morgan fingerprint density at radius 2 is 1.89 bits per heavy atom. The van der Waals surface area contributed by atoms with Crippen molar-refractivity contribution in [3.63, 3.8) is 0 Å². The fourth-order valence-corrected chi connectivity index (χ4v) is 4.19. The standard InChI is InChI=1S/C16H25NS/c1-12-8-13(2)15(14(3)9-12)10-17-11-16(4)6-5-7-18-16/h8-9,17H,5-7,10-11H2,1-4H3. The Labute approximate surface area is 116 Å². The Bertz CT molecular complexity index is 396. The minimum absolute atomic E-state index is 0.465. The van der Waals surface area contributed by atoms with Crippen molar-refractivity contribution >= 4 is 11.8 Å². The number of hydrogen-bond acceptors (Lipinski definition) is 2. The minimum Gasteiger partial charge on any atom is -0.311 e. The van der Waals surface area contributed by atoms with E-state index in [1.165, 1.54) is 40.8 Å². The quantitative estimate of drug-likeness (QED) is 0.881. The van der Waals surface area contributed by atoms with E-state index in [0.29, 0.717) is 4.75 Å². The fourth-order valence-electron chi connectivity index (χ4n) is 2.92. The number of thioether (sulfide) groups is 1. The van der Waals surface area contributed by atoms with Crippen molar-refractivity contribution in [2.24, 2.45) is 0 Å². The Morgan fingerprint density at radius 3 is 2.44 bits per heavy atom. The second-order valence-electron chi connectivity index (χ2n) is 5.88. The van der Waals surface area contributed by atoms with E-state index >= 15 is 0 Å². The molecule has 0 amide bonds. The highest BCUT2D eigenvalue weighted by atomic mass is 32.2. The lowest BCUT2D eigenvalue weighted by Crippen LogP contribution is -2.32. The van der Waals surface area contributed by atoms with E-state index in [0.717, 1.165) is 13.1 Å². The molecule has 1 fully saturated rings. The van der Waals surface area contributed by atoms with Crippen molar-refractivity contribution in [1.82, 2.24) is 5.32 Å². The maximum Gasteiger partial charge on any atom is 0.0256 e. The van der Waals surface area contributed by atoms with Crippen LogP contribution in [-0.4, -0.2) is 17.0 Å². The molecule has 0 aliphatic carbocycles. The van der Waals surface area contributed by atoms with Gasteiger partial charge in [0.05, 0.1) is 0 Å². The van der Waals surface area contributed by atoms with Gasteiger partial charge in [0.25, 0.3) is 0 Å². The van der Waals surface area contributed by atoms with Gasteiger partial charge >= 0.3 is 0 Å². The molecule has 2 heteroatoms. The molecule has 0 radical (unpaired) electrons. The summed E-state index contributed by atoms with van der Waals surface area (Å²) in [6.07, 6.45) is 2.74. The summed E-state index contributed by atoms with van der Waals surface area (Å²) < 4.78 is 0.465. The lowest BCUT2D eigenvalue weighted by atomic mass is 9.99. The minimum atomic E-state index is 0.465. The normalized spacial score (nSPS) is 23.6. The first kappa shape index (κ1) is 14.0. The second kappa shape index (κ2) is 5.66. The summed E-state index contributed by atoms with van der Waals surface area (Å²) in [6.45, 7) is 11.2. The third kappa shape index (κ3) is 3.30. The van der Waals surface area contributed by atoms with Gasteiger partial charge in [-0.05, 0) is 63.0 Å². The molecule has 1 aromatic carbocycles. The number of nitrogens with one attached hydrogen (secondary N) is 1. The predicted molar refractivity (Wildman–Crippen MR) is 82.5 cm³/mol. The molecule has 1 unspecified atom stereocenters. The van der Waals surface area contributed by atoms with Gasteiger partial charge in [0, 0.05) is 17.8 Å². The van der Waals surface area contributed by atoms with Crippen LogP contribution in [0.15, 0.2) is 12.1 Å². The van der Waals surface area contributed by atoms with Crippen molar-refractivity contribution in [2.45, 2.75) is 51.8 Å². The van der Waals surface area contributed by atoms with Crippen LogP contribution < -0.4 is 5.32 Å². The van der Waals surface area contributed by atoms with Crippen LogP contribution >= 0.6 is 11.8 Å². The van der Waals surface area contributed by atoms with Gasteiger partial charge in [-0.2, -0.15) is 11.8 Å². The Morgan fingerprint density at radius 1 is 1.22 bits per heavy atom. The van der Waals surface area contributed by atoms with Crippen LogP contribution in [0.2, 0.25) is 0 Å². The smallest absolute Gasteiger partial charge is 0.0256 e. The molecule has 1 N–H and O–H groups in total. The SMILES string of the molecule is Cc1cc(C)c(CNCC2(C)CCCS2)c(C)c1. The lowest BCUT2D eigenvalue weighted by molar-refractivity contribution is 0.536. The van der Waals surface area contributed by atoms with Crippen LogP contribution in [0.1, 0.15) is 42.0 Å². The highest BCUT2D eigenvalue weighted by Crippen LogP contribution is 2.37. The zero-order valence-corrected chi connectivity index (χ0v) is 12.9. The van der Waals surface area contributed by atoms with Crippen LogP contribution in [0.3, 0.4) is 0 Å². The van der Waals surface area contributed by atoms with E-state index in [4.69, 9.17) is 0 Å². The van der Waals surface area contributed by atoms with Crippen molar-refractivity contribution in [1.29, 1.82) is 0 Å². The molecule has 1 saturated heterocycles. The first-order valence-electron chi connectivity index (χ1n) is 6.92. The van der Waals surface area contributed by atoms with Crippen LogP contribution in [-0.2, 0) is 6.54 Å². The second-order valence-corrected chi connectivity index (χ2v) is 7.57. The predicted octanol–water partition coefficient (Wildman–Crippen LogP) is 3.99. The van der Waals surface area contributed by atoms with Crippen molar-refractivity contribution in [3.05, 3.63) is 34.4 Å². The van der Waals surface area contributed by atoms with E-state index in [9.17, 15) is 0 Å². The summed E-state index contributed by atoms with van der Waals surface area (Å²) in [5.41, 5.74) is 5.69. The van der Waals surface area contributed by atoms with E-state index < -0.39 is 0 Å². The van der Waals surface area contributed by atoms with Gasteiger partial charge < -0.3 is 5.32 Å². The molecule has 1 aromatic rings. The molecule has 18 heavy (non-hydrogen) atoms. The first-order valence-corrected chi connectivity index (χ1v) is 7.90. The summed E-state index contributed by atoms with van der Waals surface area (Å²) in [4.78, 5) is 0. The molecule has 1 atom stereocenters. The summed E-state index contributed by atoms with van der Waals surface area (Å²) in [7, 11) is 0. The maximum absolute atomic E-state index is 3.66. The summed E-state index contributed by atoms with van der Waals surface area (Å²) >= 11 is 2.13. The number of rotatable bonds is 4. The van der Waals surface area contributed by atoms with Gasteiger partial charge in [0.1, 0.15) is 0 Å². The number of aryl methyl sites for hydroxylation is 3. The molecular formula is C16H25NS. The molecule has 0 bridgehead atoms. The summed E-state index contributed by atoms with van der Waals surface area (Å²) in [5.74, 6) is 1.33. The van der Waals surface area contributed by atoms with Crippen molar-refractivity contribution < 1.29 is 0 Å². The molecule has 0 saturated carbocycles.